The van der Waals surface area contributed by atoms with Crippen LogP contribution in [0.5, 0.6) is 0 Å². The molecule has 1 atom stereocenters. The Morgan fingerprint density at radius 3 is 2.83 bits per heavy atom. The van der Waals surface area contributed by atoms with E-state index in [0.29, 0.717) is 17.6 Å². The lowest BCUT2D eigenvalue weighted by atomic mass is 10.1. The number of amides is 1. The fourth-order valence-electron chi connectivity index (χ4n) is 3.15. The van der Waals surface area contributed by atoms with Crippen LogP contribution in [-0.2, 0) is 4.79 Å². The average Bonchev–Trinajstić information content (AvgIpc) is 3.25. The Morgan fingerprint density at radius 1 is 1.30 bits per heavy atom. The van der Waals surface area contributed by atoms with Crippen molar-refractivity contribution in [3.8, 4) is 0 Å². The Kier molecular flexibility index (Phi) is 3.49. The van der Waals surface area contributed by atoms with E-state index in [1.165, 1.54) is 19.2 Å². The van der Waals surface area contributed by atoms with E-state index in [9.17, 15) is 4.79 Å². The molecule has 0 bridgehead atoms. The highest BCUT2D eigenvalue weighted by molar-refractivity contribution is 6.31. The van der Waals surface area contributed by atoms with Crippen molar-refractivity contribution >= 4 is 28.9 Å². The van der Waals surface area contributed by atoms with E-state index in [0.717, 1.165) is 17.9 Å². The largest absolute Gasteiger partial charge is 0.365 e. The van der Waals surface area contributed by atoms with Crippen molar-refractivity contribution in [2.75, 3.05) is 22.9 Å². The van der Waals surface area contributed by atoms with Crippen LogP contribution in [0.2, 0.25) is 5.02 Å². The predicted octanol–water partition coefficient (Wildman–Crippen LogP) is 2.51. The fourth-order valence-corrected chi connectivity index (χ4v) is 3.32. The van der Waals surface area contributed by atoms with Crippen LogP contribution in [0.4, 0.5) is 11.4 Å². The number of hydrogen-bond acceptors (Lipinski definition) is 4. The van der Waals surface area contributed by atoms with Gasteiger partial charge in [0.1, 0.15) is 18.7 Å². The molecule has 1 aliphatic heterocycles. The minimum Gasteiger partial charge on any atom is -0.365 e. The lowest BCUT2D eigenvalue weighted by Crippen LogP contribution is -2.47. The number of halogens is 1. The first-order valence-electron chi connectivity index (χ1n) is 7.87. The Morgan fingerprint density at radius 2 is 2.13 bits per heavy atom. The summed E-state index contributed by atoms with van der Waals surface area (Å²) < 4.78 is 1.59. The van der Waals surface area contributed by atoms with E-state index in [1.54, 1.807) is 11.0 Å². The number of fused-ring (bicyclic) bond motifs is 1. The summed E-state index contributed by atoms with van der Waals surface area (Å²) >= 11 is 6.19. The summed E-state index contributed by atoms with van der Waals surface area (Å²) in [4.78, 5) is 21.1. The van der Waals surface area contributed by atoms with Crippen LogP contribution in [0.1, 0.15) is 25.8 Å². The molecule has 0 N–H and O–H groups in total. The molecule has 2 aromatic rings. The Hall–Kier alpha value is -2.08. The number of nitrogens with zero attached hydrogens (tertiary/aromatic N) is 5. The van der Waals surface area contributed by atoms with Gasteiger partial charge in [-0.3, -0.25) is 4.79 Å². The maximum Gasteiger partial charge on any atom is 0.251 e. The standard InChI is InChI=1S/C16H18ClN5O/c1-11(22-10-18-9-19-22)16(23)21-7-6-20(13-3-4-13)15-8-12(17)2-5-14(15)21/h2,5,8-11,13H,3-4,6-7H2,1H3/t11-/m1/s1. The summed E-state index contributed by atoms with van der Waals surface area (Å²) in [5, 5.41) is 4.78. The van der Waals surface area contributed by atoms with Crippen molar-refractivity contribution in [1.82, 2.24) is 14.8 Å². The Labute approximate surface area is 139 Å². The van der Waals surface area contributed by atoms with Crippen molar-refractivity contribution in [2.45, 2.75) is 31.8 Å². The average molecular weight is 332 g/mol. The Balaban J connectivity index is 1.67. The molecule has 7 heteroatoms. The first-order valence-corrected chi connectivity index (χ1v) is 8.24. The van der Waals surface area contributed by atoms with Crippen LogP contribution in [0, 0.1) is 0 Å². The molecule has 1 aromatic carbocycles. The molecule has 0 unspecified atom stereocenters. The second kappa shape index (κ2) is 5.53. The molecule has 0 spiro atoms. The lowest BCUT2D eigenvalue weighted by molar-refractivity contribution is -0.121. The summed E-state index contributed by atoms with van der Waals surface area (Å²) in [5.74, 6) is 0.0227. The lowest BCUT2D eigenvalue weighted by Gasteiger charge is -2.39. The highest BCUT2D eigenvalue weighted by Crippen LogP contribution is 2.41. The van der Waals surface area contributed by atoms with E-state index >= 15 is 0 Å². The van der Waals surface area contributed by atoms with Gasteiger partial charge in [-0.25, -0.2) is 9.67 Å². The minimum atomic E-state index is -0.381. The van der Waals surface area contributed by atoms with Crippen LogP contribution < -0.4 is 9.80 Å². The topological polar surface area (TPSA) is 54.3 Å². The van der Waals surface area contributed by atoms with E-state index in [1.807, 2.05) is 30.0 Å². The summed E-state index contributed by atoms with van der Waals surface area (Å²) in [6.45, 7) is 3.37. The molecular formula is C16H18ClN5O. The monoisotopic (exact) mass is 331 g/mol. The molecule has 1 fully saturated rings. The van der Waals surface area contributed by atoms with Gasteiger partial charge in [-0.15, -0.1) is 0 Å². The summed E-state index contributed by atoms with van der Waals surface area (Å²) in [5.41, 5.74) is 2.00. The second-order valence-electron chi connectivity index (χ2n) is 6.10. The van der Waals surface area contributed by atoms with Crippen molar-refractivity contribution in [3.05, 3.63) is 35.9 Å². The predicted molar refractivity (Wildman–Crippen MR) is 88.9 cm³/mol. The molecule has 120 valence electrons. The number of rotatable bonds is 3. The van der Waals surface area contributed by atoms with Gasteiger partial charge in [-0.05, 0) is 38.0 Å². The van der Waals surface area contributed by atoms with Crippen LogP contribution in [0.25, 0.3) is 0 Å². The third-order valence-electron chi connectivity index (χ3n) is 4.55. The van der Waals surface area contributed by atoms with Gasteiger partial charge in [0.25, 0.3) is 5.91 Å². The SMILES string of the molecule is C[C@H](C(=O)N1CCN(C2CC2)c2cc(Cl)ccc21)n1cncn1. The quantitative estimate of drug-likeness (QED) is 0.867. The highest BCUT2D eigenvalue weighted by Gasteiger charge is 2.36. The molecule has 23 heavy (non-hydrogen) atoms. The minimum absolute atomic E-state index is 0.0227. The van der Waals surface area contributed by atoms with E-state index in [4.69, 9.17) is 11.6 Å². The van der Waals surface area contributed by atoms with Crippen LogP contribution in [-0.4, -0.2) is 39.8 Å². The maximum absolute atomic E-state index is 12.9. The van der Waals surface area contributed by atoms with Crippen LogP contribution in [0.15, 0.2) is 30.9 Å². The van der Waals surface area contributed by atoms with E-state index in [-0.39, 0.29) is 11.9 Å². The normalized spacial score (nSPS) is 18.7. The van der Waals surface area contributed by atoms with Gasteiger partial charge >= 0.3 is 0 Å². The van der Waals surface area contributed by atoms with Gasteiger partial charge < -0.3 is 9.80 Å². The van der Waals surface area contributed by atoms with E-state index < -0.39 is 0 Å². The Bertz CT molecular complexity index is 728. The van der Waals surface area contributed by atoms with Gasteiger partial charge in [0.05, 0.1) is 11.4 Å². The van der Waals surface area contributed by atoms with Gasteiger partial charge in [0, 0.05) is 24.2 Å². The van der Waals surface area contributed by atoms with Crippen LogP contribution >= 0.6 is 11.6 Å². The highest BCUT2D eigenvalue weighted by atomic mass is 35.5. The molecule has 0 saturated heterocycles. The number of benzene rings is 1. The summed E-state index contributed by atoms with van der Waals surface area (Å²) in [6, 6.07) is 5.97. The van der Waals surface area contributed by atoms with Gasteiger partial charge in [-0.2, -0.15) is 5.10 Å². The zero-order chi connectivity index (χ0) is 16.0. The molecule has 4 rings (SSSR count). The molecule has 1 aliphatic carbocycles. The van der Waals surface area contributed by atoms with Crippen molar-refractivity contribution in [1.29, 1.82) is 0 Å². The number of anilines is 2. The molecular weight excluding hydrogens is 314 g/mol. The van der Waals surface area contributed by atoms with E-state index in [2.05, 4.69) is 15.0 Å². The number of carbonyl (C=O) groups excluding carboxylic acids is 1. The number of carbonyl (C=O) groups is 1. The first kappa shape index (κ1) is 14.5. The number of hydrogen-bond donors (Lipinski definition) is 0. The van der Waals surface area contributed by atoms with Crippen LogP contribution in [0.3, 0.4) is 0 Å². The van der Waals surface area contributed by atoms with Crippen molar-refractivity contribution in [3.63, 3.8) is 0 Å². The molecule has 2 aliphatic rings. The molecule has 2 heterocycles. The van der Waals surface area contributed by atoms with Gasteiger partial charge in [0.2, 0.25) is 0 Å². The maximum atomic E-state index is 12.9. The third kappa shape index (κ3) is 2.57. The second-order valence-corrected chi connectivity index (χ2v) is 6.54. The molecule has 1 saturated carbocycles. The number of aromatic nitrogens is 3. The summed E-state index contributed by atoms with van der Waals surface area (Å²) in [7, 11) is 0. The molecule has 6 nitrogen and oxygen atoms in total. The third-order valence-corrected chi connectivity index (χ3v) is 4.78. The van der Waals surface area contributed by atoms with Gasteiger partial charge in [0.15, 0.2) is 0 Å². The zero-order valence-electron chi connectivity index (χ0n) is 12.9. The summed E-state index contributed by atoms with van der Waals surface area (Å²) in [6.07, 6.45) is 5.46. The molecule has 0 radical (unpaired) electrons. The fraction of sp³-hybridized carbons (Fsp3) is 0.438. The van der Waals surface area contributed by atoms with Gasteiger partial charge in [-0.1, -0.05) is 11.6 Å². The first-order chi connectivity index (χ1) is 11.1. The molecule has 1 aromatic heterocycles. The van der Waals surface area contributed by atoms with Crippen molar-refractivity contribution in [2.24, 2.45) is 0 Å². The van der Waals surface area contributed by atoms with Crippen molar-refractivity contribution < 1.29 is 4.79 Å². The molecule has 1 amide bonds. The zero-order valence-corrected chi connectivity index (χ0v) is 13.6. The smallest absolute Gasteiger partial charge is 0.251 e.